The summed E-state index contributed by atoms with van der Waals surface area (Å²) in [4.78, 5) is 13.7. The molecule has 1 aliphatic heterocycles. The molecule has 19 heavy (non-hydrogen) atoms. The summed E-state index contributed by atoms with van der Waals surface area (Å²) in [7, 11) is 0. The van der Waals surface area contributed by atoms with Crippen molar-refractivity contribution in [2.24, 2.45) is 0 Å². The number of fused-ring (bicyclic) bond motifs is 1. The van der Waals surface area contributed by atoms with Gasteiger partial charge >= 0.3 is 6.09 Å². The zero-order valence-corrected chi connectivity index (χ0v) is 12.3. The minimum absolute atomic E-state index is 0.284. The van der Waals surface area contributed by atoms with Crippen molar-refractivity contribution in [3.8, 4) is 0 Å². The number of rotatable bonds is 1. The van der Waals surface area contributed by atoms with E-state index in [0.717, 1.165) is 18.2 Å². The van der Waals surface area contributed by atoms with Gasteiger partial charge in [0.25, 0.3) is 0 Å². The number of hydrogen-bond acceptors (Lipinski definition) is 4. The molecule has 0 fully saturated rings. The topological polar surface area (TPSA) is 60.2 Å². The van der Waals surface area contributed by atoms with E-state index in [1.807, 2.05) is 20.8 Å². The first-order valence-electron chi connectivity index (χ1n) is 6.68. The van der Waals surface area contributed by atoms with Crippen LogP contribution >= 0.6 is 0 Å². The summed E-state index contributed by atoms with van der Waals surface area (Å²) in [6.07, 6.45) is -0.284. The Morgan fingerprint density at radius 3 is 2.53 bits per heavy atom. The van der Waals surface area contributed by atoms with Crippen LogP contribution in [0.25, 0.3) is 0 Å². The van der Waals surface area contributed by atoms with Gasteiger partial charge in [0.1, 0.15) is 11.4 Å². The molecule has 6 heteroatoms. The van der Waals surface area contributed by atoms with Crippen LogP contribution in [-0.4, -0.2) is 37.9 Å². The number of carbonyl (C=O) groups is 1. The molecule has 0 saturated heterocycles. The first kappa shape index (κ1) is 13.8. The summed E-state index contributed by atoms with van der Waals surface area (Å²) >= 11 is 0. The normalized spacial score (nSPS) is 15.6. The predicted octanol–water partition coefficient (Wildman–Crippen LogP) is 2.15. The Morgan fingerprint density at radius 2 is 1.95 bits per heavy atom. The maximum Gasteiger partial charge on any atom is 0.410 e. The van der Waals surface area contributed by atoms with Gasteiger partial charge in [-0.15, -0.1) is 10.2 Å². The van der Waals surface area contributed by atoms with Gasteiger partial charge in [-0.3, -0.25) is 4.90 Å². The van der Waals surface area contributed by atoms with Crippen LogP contribution < -0.4 is 0 Å². The second kappa shape index (κ2) is 4.83. The maximum atomic E-state index is 12.0. The van der Waals surface area contributed by atoms with Crippen molar-refractivity contribution in [3.63, 3.8) is 0 Å². The Morgan fingerprint density at radius 1 is 1.26 bits per heavy atom. The highest BCUT2D eigenvalue weighted by molar-refractivity contribution is 5.68. The molecule has 0 N–H and O–H groups in total. The minimum Gasteiger partial charge on any atom is -0.444 e. The molecule has 1 aromatic heterocycles. The lowest BCUT2D eigenvalue weighted by Gasteiger charge is -2.30. The zero-order valence-electron chi connectivity index (χ0n) is 12.3. The quantitative estimate of drug-likeness (QED) is 0.781. The number of nitrogens with zero attached hydrogens (tertiary/aromatic N) is 4. The molecular formula is C13H22N4O2. The largest absolute Gasteiger partial charge is 0.444 e. The van der Waals surface area contributed by atoms with Gasteiger partial charge in [-0.25, -0.2) is 4.79 Å². The van der Waals surface area contributed by atoms with Crippen LogP contribution in [0.15, 0.2) is 0 Å². The molecule has 2 heterocycles. The highest BCUT2D eigenvalue weighted by Gasteiger charge is 2.28. The van der Waals surface area contributed by atoms with Crippen molar-refractivity contribution >= 4 is 6.09 Å². The average Bonchev–Trinajstić information content (AvgIpc) is 2.68. The molecule has 0 radical (unpaired) electrons. The third kappa shape index (κ3) is 3.05. The Balaban J connectivity index is 2.09. The van der Waals surface area contributed by atoms with Crippen molar-refractivity contribution in [2.45, 2.75) is 59.2 Å². The predicted molar refractivity (Wildman–Crippen MR) is 70.8 cm³/mol. The van der Waals surface area contributed by atoms with E-state index in [0.29, 0.717) is 19.0 Å². The highest BCUT2D eigenvalue weighted by atomic mass is 16.6. The monoisotopic (exact) mass is 266 g/mol. The van der Waals surface area contributed by atoms with Crippen LogP contribution in [0, 0.1) is 0 Å². The molecule has 0 unspecified atom stereocenters. The van der Waals surface area contributed by atoms with Crippen LogP contribution in [0.3, 0.4) is 0 Å². The maximum absolute atomic E-state index is 12.0. The van der Waals surface area contributed by atoms with Crippen molar-refractivity contribution in [3.05, 3.63) is 11.6 Å². The second-order valence-corrected chi connectivity index (χ2v) is 6.18. The molecule has 0 aliphatic carbocycles. The summed E-state index contributed by atoms with van der Waals surface area (Å²) in [6.45, 7) is 11.6. The van der Waals surface area contributed by atoms with Gasteiger partial charge < -0.3 is 9.30 Å². The van der Waals surface area contributed by atoms with Gasteiger partial charge in [0.05, 0.1) is 6.54 Å². The molecule has 2 rings (SSSR count). The van der Waals surface area contributed by atoms with Gasteiger partial charge in [0.15, 0.2) is 5.82 Å². The van der Waals surface area contributed by atoms with E-state index < -0.39 is 5.60 Å². The van der Waals surface area contributed by atoms with Crippen LogP contribution in [0.5, 0.6) is 0 Å². The van der Waals surface area contributed by atoms with E-state index in [4.69, 9.17) is 4.74 Å². The third-order valence-corrected chi connectivity index (χ3v) is 2.95. The third-order valence-electron chi connectivity index (χ3n) is 2.95. The summed E-state index contributed by atoms with van der Waals surface area (Å²) in [5.74, 6) is 2.16. The molecule has 6 nitrogen and oxygen atoms in total. The minimum atomic E-state index is -0.467. The molecule has 0 spiro atoms. The number of hydrogen-bond donors (Lipinski definition) is 0. The number of amides is 1. The summed E-state index contributed by atoms with van der Waals surface area (Å²) < 4.78 is 7.48. The molecule has 0 saturated carbocycles. The average molecular weight is 266 g/mol. The lowest BCUT2D eigenvalue weighted by atomic mass is 10.2. The molecule has 0 atom stereocenters. The van der Waals surface area contributed by atoms with E-state index in [9.17, 15) is 4.79 Å². The van der Waals surface area contributed by atoms with Crippen LogP contribution in [0.1, 0.15) is 52.2 Å². The summed E-state index contributed by atoms with van der Waals surface area (Å²) in [6, 6.07) is 0. The fraction of sp³-hybridized carbons (Fsp3) is 0.769. The van der Waals surface area contributed by atoms with Gasteiger partial charge in [-0.1, -0.05) is 13.8 Å². The highest BCUT2D eigenvalue weighted by Crippen LogP contribution is 2.19. The molecule has 1 amide bonds. The number of ether oxygens (including phenoxy) is 1. The lowest BCUT2D eigenvalue weighted by molar-refractivity contribution is 0.0194. The fourth-order valence-electron chi connectivity index (χ4n) is 2.09. The Labute approximate surface area is 113 Å². The van der Waals surface area contributed by atoms with Crippen LogP contribution in [-0.2, 0) is 17.8 Å². The Bertz CT molecular complexity index is 473. The zero-order chi connectivity index (χ0) is 14.2. The van der Waals surface area contributed by atoms with Gasteiger partial charge in [-0.05, 0) is 20.8 Å². The molecular weight excluding hydrogens is 244 g/mol. The number of aromatic nitrogens is 3. The summed E-state index contributed by atoms with van der Waals surface area (Å²) in [5, 5.41) is 8.37. The van der Waals surface area contributed by atoms with Crippen molar-refractivity contribution in [1.82, 2.24) is 19.7 Å². The summed E-state index contributed by atoms with van der Waals surface area (Å²) in [5.41, 5.74) is -0.467. The smallest absolute Gasteiger partial charge is 0.410 e. The molecule has 1 aliphatic rings. The van der Waals surface area contributed by atoms with Gasteiger partial charge in [0.2, 0.25) is 0 Å². The van der Waals surface area contributed by atoms with E-state index in [1.165, 1.54) is 0 Å². The van der Waals surface area contributed by atoms with Crippen molar-refractivity contribution in [1.29, 1.82) is 0 Å². The first-order chi connectivity index (χ1) is 8.78. The second-order valence-electron chi connectivity index (χ2n) is 6.18. The number of carbonyl (C=O) groups excluding carboxylic acids is 1. The van der Waals surface area contributed by atoms with Crippen LogP contribution in [0.4, 0.5) is 4.79 Å². The Kier molecular flexibility index (Phi) is 3.52. The standard InChI is InChI=1S/C13H22N4O2/c1-9(2)11-15-14-10-8-16(6-7-17(10)11)12(18)19-13(3,4)5/h9H,6-8H2,1-5H3. The van der Waals surface area contributed by atoms with Gasteiger partial charge in [-0.2, -0.15) is 0 Å². The molecule has 0 bridgehead atoms. The molecule has 1 aromatic rings. The van der Waals surface area contributed by atoms with Crippen molar-refractivity contribution in [2.75, 3.05) is 6.54 Å². The van der Waals surface area contributed by atoms with Crippen LogP contribution in [0.2, 0.25) is 0 Å². The Hall–Kier alpha value is -1.59. The van der Waals surface area contributed by atoms with E-state index in [1.54, 1.807) is 4.90 Å². The first-order valence-corrected chi connectivity index (χ1v) is 6.68. The fourth-order valence-corrected chi connectivity index (χ4v) is 2.09. The van der Waals surface area contributed by atoms with Crippen molar-refractivity contribution < 1.29 is 9.53 Å². The van der Waals surface area contributed by atoms with Gasteiger partial charge in [0, 0.05) is 19.0 Å². The van der Waals surface area contributed by atoms with E-state index >= 15 is 0 Å². The SMILES string of the molecule is CC(C)c1nnc2n1CCN(C(=O)OC(C)(C)C)C2. The molecule has 0 aromatic carbocycles. The van der Waals surface area contributed by atoms with E-state index in [-0.39, 0.29) is 6.09 Å². The lowest BCUT2D eigenvalue weighted by Crippen LogP contribution is -2.41. The molecule has 106 valence electrons. The van der Waals surface area contributed by atoms with E-state index in [2.05, 4.69) is 28.6 Å².